The van der Waals surface area contributed by atoms with Crippen molar-refractivity contribution in [1.82, 2.24) is 0 Å². The molecule has 2 aromatic carbocycles. The summed E-state index contributed by atoms with van der Waals surface area (Å²) in [6, 6.07) is 14.5. The highest BCUT2D eigenvalue weighted by atomic mass is 16.1. The van der Waals surface area contributed by atoms with Crippen LogP contribution in [0.25, 0.3) is 0 Å². The van der Waals surface area contributed by atoms with Gasteiger partial charge in [0, 0.05) is 11.3 Å². The molecule has 3 heteroatoms. The van der Waals surface area contributed by atoms with E-state index in [9.17, 15) is 4.79 Å². The number of amides is 1. The van der Waals surface area contributed by atoms with Crippen molar-refractivity contribution in [2.24, 2.45) is 0 Å². The normalized spacial score (nSPS) is 9.74. The molecule has 0 aliphatic carbocycles. The second-order valence-corrected chi connectivity index (χ2v) is 4.52. The van der Waals surface area contributed by atoms with E-state index in [1.54, 1.807) is 24.3 Å². The fourth-order valence-corrected chi connectivity index (χ4v) is 1.95. The first-order valence-corrected chi connectivity index (χ1v) is 5.98. The third-order valence-electron chi connectivity index (χ3n) is 2.76. The number of carbonyl (C=O) groups is 1. The highest BCUT2D eigenvalue weighted by molar-refractivity contribution is 6.04. The molecule has 0 aromatic heterocycles. The largest absolute Gasteiger partial charge is 0.322 e. The van der Waals surface area contributed by atoms with Crippen molar-refractivity contribution in [3.63, 3.8) is 0 Å². The van der Waals surface area contributed by atoms with Gasteiger partial charge in [0.2, 0.25) is 0 Å². The lowest BCUT2D eigenvalue weighted by molar-refractivity contribution is 0.102. The van der Waals surface area contributed by atoms with Crippen molar-refractivity contribution in [3.8, 4) is 6.07 Å². The van der Waals surface area contributed by atoms with Crippen molar-refractivity contribution in [1.29, 1.82) is 5.26 Å². The zero-order valence-corrected chi connectivity index (χ0v) is 10.9. The van der Waals surface area contributed by atoms with E-state index < -0.39 is 0 Å². The van der Waals surface area contributed by atoms with Gasteiger partial charge in [-0.15, -0.1) is 0 Å². The van der Waals surface area contributed by atoms with E-state index in [2.05, 4.69) is 11.4 Å². The maximum Gasteiger partial charge on any atom is 0.255 e. The average molecular weight is 250 g/mol. The number of benzene rings is 2. The van der Waals surface area contributed by atoms with E-state index in [1.807, 2.05) is 32.0 Å². The van der Waals surface area contributed by atoms with Gasteiger partial charge >= 0.3 is 0 Å². The fourth-order valence-electron chi connectivity index (χ4n) is 1.95. The molecule has 0 spiro atoms. The summed E-state index contributed by atoms with van der Waals surface area (Å²) in [6.07, 6.45) is 0. The summed E-state index contributed by atoms with van der Waals surface area (Å²) in [5.74, 6) is -0.172. The molecule has 0 heterocycles. The van der Waals surface area contributed by atoms with Crippen LogP contribution in [-0.4, -0.2) is 5.91 Å². The van der Waals surface area contributed by atoms with E-state index in [0.717, 1.165) is 16.8 Å². The van der Waals surface area contributed by atoms with Crippen LogP contribution in [0, 0.1) is 25.2 Å². The number of rotatable bonds is 2. The first-order valence-electron chi connectivity index (χ1n) is 5.98. The van der Waals surface area contributed by atoms with Gasteiger partial charge in [0.05, 0.1) is 11.6 Å². The second kappa shape index (κ2) is 5.36. The summed E-state index contributed by atoms with van der Waals surface area (Å²) in [4.78, 5) is 12.0. The van der Waals surface area contributed by atoms with Crippen molar-refractivity contribution in [2.75, 3.05) is 5.32 Å². The van der Waals surface area contributed by atoms with E-state index in [0.29, 0.717) is 11.1 Å². The van der Waals surface area contributed by atoms with Crippen LogP contribution in [0.2, 0.25) is 0 Å². The number of nitrogens with zero attached hydrogens (tertiary/aromatic N) is 1. The summed E-state index contributed by atoms with van der Waals surface area (Å²) in [7, 11) is 0. The zero-order valence-electron chi connectivity index (χ0n) is 10.9. The molecule has 0 fully saturated rings. The molecule has 0 radical (unpaired) electrons. The molecule has 2 rings (SSSR count). The molecule has 0 saturated heterocycles. The minimum atomic E-state index is -0.172. The topological polar surface area (TPSA) is 52.9 Å². The first kappa shape index (κ1) is 12.8. The van der Waals surface area contributed by atoms with Crippen molar-refractivity contribution in [2.45, 2.75) is 13.8 Å². The molecular weight excluding hydrogens is 236 g/mol. The van der Waals surface area contributed by atoms with Gasteiger partial charge < -0.3 is 5.32 Å². The van der Waals surface area contributed by atoms with Gasteiger partial charge in [-0.25, -0.2) is 0 Å². The lowest BCUT2D eigenvalue weighted by Crippen LogP contribution is -2.12. The van der Waals surface area contributed by atoms with Crippen molar-refractivity contribution in [3.05, 3.63) is 64.7 Å². The molecule has 94 valence electrons. The number of nitrogens with one attached hydrogen (secondary N) is 1. The first-order chi connectivity index (χ1) is 9.08. The van der Waals surface area contributed by atoms with Crippen LogP contribution in [-0.2, 0) is 0 Å². The van der Waals surface area contributed by atoms with Gasteiger partial charge in [0.15, 0.2) is 0 Å². The van der Waals surface area contributed by atoms with Gasteiger partial charge in [-0.2, -0.15) is 5.26 Å². The van der Waals surface area contributed by atoms with Gasteiger partial charge in [-0.1, -0.05) is 6.07 Å². The Labute approximate surface area is 112 Å². The summed E-state index contributed by atoms with van der Waals surface area (Å²) in [6.45, 7) is 3.98. The number of anilines is 1. The van der Waals surface area contributed by atoms with Crippen LogP contribution < -0.4 is 5.32 Å². The Morgan fingerprint density at radius 3 is 2.16 bits per heavy atom. The SMILES string of the molecule is Cc1cc(C)cc(NC(=O)c2ccc(C#N)cc2)c1. The van der Waals surface area contributed by atoms with Crippen LogP contribution >= 0.6 is 0 Å². The Morgan fingerprint density at radius 1 is 1.05 bits per heavy atom. The fraction of sp³-hybridized carbons (Fsp3) is 0.125. The Hall–Kier alpha value is -2.60. The Morgan fingerprint density at radius 2 is 1.63 bits per heavy atom. The predicted molar refractivity (Wildman–Crippen MR) is 75.0 cm³/mol. The molecule has 0 unspecified atom stereocenters. The molecule has 0 aliphatic rings. The highest BCUT2D eigenvalue weighted by Gasteiger charge is 2.06. The van der Waals surface area contributed by atoms with Gasteiger partial charge in [0.25, 0.3) is 5.91 Å². The minimum absolute atomic E-state index is 0.172. The standard InChI is InChI=1S/C16H14N2O/c1-11-7-12(2)9-15(8-11)18-16(19)14-5-3-13(10-17)4-6-14/h3-9H,1-2H3,(H,18,19). The molecular formula is C16H14N2O. The molecule has 3 nitrogen and oxygen atoms in total. The van der Waals surface area contributed by atoms with E-state index in [1.165, 1.54) is 0 Å². The predicted octanol–water partition coefficient (Wildman–Crippen LogP) is 3.43. The van der Waals surface area contributed by atoms with Crippen molar-refractivity contribution < 1.29 is 4.79 Å². The molecule has 19 heavy (non-hydrogen) atoms. The molecule has 1 N–H and O–H groups in total. The van der Waals surface area contributed by atoms with Crippen LogP contribution in [0.3, 0.4) is 0 Å². The van der Waals surface area contributed by atoms with Crippen LogP contribution in [0.15, 0.2) is 42.5 Å². The number of nitriles is 1. The molecule has 0 saturated carbocycles. The van der Waals surface area contributed by atoms with Crippen LogP contribution in [0.5, 0.6) is 0 Å². The van der Waals surface area contributed by atoms with Gasteiger partial charge in [-0.05, 0) is 61.4 Å². The third kappa shape index (κ3) is 3.20. The summed E-state index contributed by atoms with van der Waals surface area (Å²) >= 11 is 0. The quantitative estimate of drug-likeness (QED) is 0.887. The maximum absolute atomic E-state index is 12.0. The summed E-state index contributed by atoms with van der Waals surface area (Å²) < 4.78 is 0. The molecule has 1 amide bonds. The number of hydrogen-bond acceptors (Lipinski definition) is 2. The number of aryl methyl sites for hydroxylation is 2. The third-order valence-corrected chi connectivity index (χ3v) is 2.76. The summed E-state index contributed by atoms with van der Waals surface area (Å²) in [5, 5.41) is 11.6. The van der Waals surface area contributed by atoms with E-state index >= 15 is 0 Å². The van der Waals surface area contributed by atoms with Crippen LogP contribution in [0.4, 0.5) is 5.69 Å². The van der Waals surface area contributed by atoms with Gasteiger partial charge in [-0.3, -0.25) is 4.79 Å². The Balaban J connectivity index is 2.18. The molecule has 0 bridgehead atoms. The lowest BCUT2D eigenvalue weighted by atomic mass is 10.1. The zero-order chi connectivity index (χ0) is 13.8. The van der Waals surface area contributed by atoms with E-state index in [-0.39, 0.29) is 5.91 Å². The molecule has 0 atom stereocenters. The Bertz CT molecular complexity index is 631. The average Bonchev–Trinajstić information content (AvgIpc) is 2.37. The monoisotopic (exact) mass is 250 g/mol. The highest BCUT2D eigenvalue weighted by Crippen LogP contribution is 2.15. The second-order valence-electron chi connectivity index (χ2n) is 4.52. The van der Waals surface area contributed by atoms with E-state index in [4.69, 9.17) is 5.26 Å². The molecule has 2 aromatic rings. The Kier molecular flexibility index (Phi) is 3.63. The van der Waals surface area contributed by atoms with Gasteiger partial charge in [0.1, 0.15) is 0 Å². The maximum atomic E-state index is 12.0. The minimum Gasteiger partial charge on any atom is -0.322 e. The lowest BCUT2D eigenvalue weighted by Gasteiger charge is -2.07. The van der Waals surface area contributed by atoms with Crippen molar-refractivity contribution >= 4 is 11.6 Å². The number of hydrogen-bond donors (Lipinski definition) is 1. The smallest absolute Gasteiger partial charge is 0.255 e. The molecule has 0 aliphatic heterocycles. The number of carbonyl (C=O) groups excluding carboxylic acids is 1. The summed E-state index contributed by atoms with van der Waals surface area (Å²) in [5.41, 5.74) is 4.08. The van der Waals surface area contributed by atoms with Crippen LogP contribution in [0.1, 0.15) is 27.0 Å².